The summed E-state index contributed by atoms with van der Waals surface area (Å²) < 4.78 is 19.5. The first-order valence-corrected chi connectivity index (χ1v) is 7.21. The molecule has 5 heteroatoms. The zero-order chi connectivity index (χ0) is 14.5. The van der Waals surface area contributed by atoms with E-state index >= 15 is 0 Å². The second-order valence-electron chi connectivity index (χ2n) is 4.52. The van der Waals surface area contributed by atoms with E-state index < -0.39 is 0 Å². The van der Waals surface area contributed by atoms with E-state index in [1.54, 1.807) is 18.3 Å². The van der Waals surface area contributed by atoms with Crippen molar-refractivity contribution in [1.29, 1.82) is 0 Å². The van der Waals surface area contributed by atoms with Crippen molar-refractivity contribution in [3.8, 4) is 11.6 Å². The zero-order valence-electron chi connectivity index (χ0n) is 11.1. The van der Waals surface area contributed by atoms with Crippen molar-refractivity contribution in [2.24, 2.45) is 5.73 Å². The van der Waals surface area contributed by atoms with Crippen molar-refractivity contribution in [3.05, 3.63) is 52.4 Å². The van der Waals surface area contributed by atoms with E-state index in [1.165, 1.54) is 6.07 Å². The van der Waals surface area contributed by atoms with Gasteiger partial charge in [-0.25, -0.2) is 9.37 Å². The molecular formula is C15H16BrFN2O. The van der Waals surface area contributed by atoms with Crippen LogP contribution in [0.5, 0.6) is 11.6 Å². The van der Waals surface area contributed by atoms with Crippen molar-refractivity contribution in [2.75, 3.05) is 0 Å². The van der Waals surface area contributed by atoms with E-state index in [1.807, 2.05) is 19.1 Å². The number of ether oxygens (including phenoxy) is 1. The number of benzene rings is 1. The van der Waals surface area contributed by atoms with Crippen LogP contribution in [0.15, 0.2) is 41.0 Å². The van der Waals surface area contributed by atoms with Gasteiger partial charge in [0.05, 0.1) is 4.47 Å². The molecule has 2 rings (SSSR count). The first-order valence-electron chi connectivity index (χ1n) is 6.42. The predicted molar refractivity (Wildman–Crippen MR) is 80.4 cm³/mol. The highest BCUT2D eigenvalue weighted by Crippen LogP contribution is 2.27. The molecule has 106 valence electrons. The molecule has 2 N–H and O–H groups in total. The fourth-order valence-electron chi connectivity index (χ4n) is 1.75. The Morgan fingerprint density at radius 1 is 1.40 bits per heavy atom. The monoisotopic (exact) mass is 338 g/mol. The van der Waals surface area contributed by atoms with Crippen molar-refractivity contribution in [3.63, 3.8) is 0 Å². The standard InChI is InChI=1S/C15H16BrFN2O/c1-2-11(18)8-10-4-3-7-19-15(10)20-12-5-6-13(16)14(17)9-12/h3-7,9,11H,2,8,18H2,1H3. The lowest BCUT2D eigenvalue weighted by Crippen LogP contribution is -2.21. The van der Waals surface area contributed by atoms with Gasteiger partial charge in [0, 0.05) is 23.9 Å². The van der Waals surface area contributed by atoms with E-state index in [2.05, 4.69) is 20.9 Å². The summed E-state index contributed by atoms with van der Waals surface area (Å²) in [6.07, 6.45) is 3.20. The third-order valence-electron chi connectivity index (χ3n) is 2.96. The SMILES string of the molecule is CCC(N)Cc1cccnc1Oc1ccc(Br)c(F)c1. The highest BCUT2D eigenvalue weighted by Gasteiger charge is 2.10. The lowest BCUT2D eigenvalue weighted by molar-refractivity contribution is 0.448. The molecule has 0 saturated carbocycles. The van der Waals surface area contributed by atoms with Gasteiger partial charge >= 0.3 is 0 Å². The molecule has 0 bridgehead atoms. The minimum absolute atomic E-state index is 0.0585. The maximum Gasteiger partial charge on any atom is 0.222 e. The minimum atomic E-state index is -0.370. The van der Waals surface area contributed by atoms with Gasteiger partial charge in [-0.3, -0.25) is 0 Å². The molecule has 20 heavy (non-hydrogen) atoms. The van der Waals surface area contributed by atoms with Crippen molar-refractivity contribution in [2.45, 2.75) is 25.8 Å². The van der Waals surface area contributed by atoms with Crippen LogP contribution in [0.3, 0.4) is 0 Å². The van der Waals surface area contributed by atoms with Crippen molar-refractivity contribution >= 4 is 15.9 Å². The Morgan fingerprint density at radius 2 is 2.20 bits per heavy atom. The third-order valence-corrected chi connectivity index (χ3v) is 3.61. The van der Waals surface area contributed by atoms with Crippen LogP contribution in [0.4, 0.5) is 4.39 Å². The summed E-state index contributed by atoms with van der Waals surface area (Å²) >= 11 is 3.11. The number of hydrogen-bond donors (Lipinski definition) is 1. The Balaban J connectivity index is 2.22. The third kappa shape index (κ3) is 3.77. The molecule has 0 saturated heterocycles. The number of pyridine rings is 1. The number of nitrogens with two attached hydrogens (primary N) is 1. The molecule has 1 aromatic carbocycles. The molecule has 1 aromatic heterocycles. The van der Waals surface area contributed by atoms with E-state index in [4.69, 9.17) is 10.5 Å². The zero-order valence-corrected chi connectivity index (χ0v) is 12.7. The summed E-state index contributed by atoms with van der Waals surface area (Å²) in [7, 11) is 0. The Hall–Kier alpha value is -1.46. The molecule has 1 atom stereocenters. The van der Waals surface area contributed by atoms with Crippen LogP contribution >= 0.6 is 15.9 Å². The van der Waals surface area contributed by atoms with Crippen molar-refractivity contribution in [1.82, 2.24) is 4.98 Å². The molecule has 0 amide bonds. The summed E-state index contributed by atoms with van der Waals surface area (Å²) in [5.41, 5.74) is 6.88. The average Bonchev–Trinajstić information content (AvgIpc) is 2.45. The maximum absolute atomic E-state index is 13.5. The highest BCUT2D eigenvalue weighted by atomic mass is 79.9. The fourth-order valence-corrected chi connectivity index (χ4v) is 2.00. The van der Waals surface area contributed by atoms with Crippen LogP contribution in [0.1, 0.15) is 18.9 Å². The lowest BCUT2D eigenvalue weighted by atomic mass is 10.1. The van der Waals surface area contributed by atoms with Crippen LogP contribution in [0.2, 0.25) is 0 Å². The highest BCUT2D eigenvalue weighted by molar-refractivity contribution is 9.10. The molecule has 0 aliphatic carbocycles. The van der Waals surface area contributed by atoms with Gasteiger partial charge < -0.3 is 10.5 Å². The molecule has 1 heterocycles. The van der Waals surface area contributed by atoms with Gasteiger partial charge in [0.15, 0.2) is 0 Å². The predicted octanol–water partition coefficient (Wildman–Crippen LogP) is 4.06. The molecule has 0 aliphatic rings. The largest absolute Gasteiger partial charge is 0.439 e. The van der Waals surface area contributed by atoms with Gasteiger partial charge in [0.25, 0.3) is 0 Å². The van der Waals surface area contributed by atoms with E-state index in [0.29, 0.717) is 22.5 Å². The molecule has 3 nitrogen and oxygen atoms in total. The first-order chi connectivity index (χ1) is 9.60. The van der Waals surface area contributed by atoms with E-state index in [9.17, 15) is 4.39 Å². The number of aromatic nitrogens is 1. The number of rotatable bonds is 5. The number of hydrogen-bond acceptors (Lipinski definition) is 3. The van der Waals surface area contributed by atoms with Gasteiger partial charge in [-0.1, -0.05) is 13.0 Å². The van der Waals surface area contributed by atoms with Crippen LogP contribution < -0.4 is 10.5 Å². The summed E-state index contributed by atoms with van der Waals surface area (Å²) in [6.45, 7) is 2.03. The van der Waals surface area contributed by atoms with Gasteiger partial charge in [0.1, 0.15) is 11.6 Å². The van der Waals surface area contributed by atoms with Gasteiger partial charge in [-0.05, 0) is 47.0 Å². The summed E-state index contributed by atoms with van der Waals surface area (Å²) in [4.78, 5) is 4.20. The molecule has 0 radical (unpaired) electrons. The lowest BCUT2D eigenvalue weighted by Gasteiger charge is -2.13. The fraction of sp³-hybridized carbons (Fsp3) is 0.267. The first kappa shape index (κ1) is 14.9. The molecule has 0 aliphatic heterocycles. The molecular weight excluding hydrogens is 323 g/mol. The topological polar surface area (TPSA) is 48.1 Å². The average molecular weight is 339 g/mol. The van der Waals surface area contributed by atoms with E-state index in [-0.39, 0.29) is 11.9 Å². The Kier molecular flexibility index (Phi) is 5.09. The van der Waals surface area contributed by atoms with Crippen LogP contribution in [0.25, 0.3) is 0 Å². The molecule has 0 fully saturated rings. The van der Waals surface area contributed by atoms with Gasteiger partial charge in [-0.2, -0.15) is 0 Å². The second-order valence-corrected chi connectivity index (χ2v) is 5.37. The summed E-state index contributed by atoms with van der Waals surface area (Å²) in [5, 5.41) is 0. The smallest absolute Gasteiger partial charge is 0.222 e. The summed E-state index contributed by atoms with van der Waals surface area (Å²) in [5.74, 6) is 0.513. The van der Waals surface area contributed by atoms with Crippen LogP contribution in [-0.4, -0.2) is 11.0 Å². The molecule has 2 aromatic rings. The van der Waals surface area contributed by atoms with E-state index in [0.717, 1.165) is 12.0 Å². The molecule has 0 spiro atoms. The van der Waals surface area contributed by atoms with Crippen LogP contribution in [0, 0.1) is 5.82 Å². The Morgan fingerprint density at radius 3 is 2.90 bits per heavy atom. The summed E-state index contributed by atoms with van der Waals surface area (Å²) in [6, 6.07) is 8.43. The van der Waals surface area contributed by atoms with Crippen molar-refractivity contribution < 1.29 is 9.13 Å². The maximum atomic E-state index is 13.5. The van der Waals surface area contributed by atoms with Crippen LogP contribution in [-0.2, 0) is 6.42 Å². The number of nitrogens with zero attached hydrogens (tertiary/aromatic N) is 1. The van der Waals surface area contributed by atoms with Gasteiger partial charge in [-0.15, -0.1) is 0 Å². The van der Waals surface area contributed by atoms with Gasteiger partial charge in [0.2, 0.25) is 5.88 Å². The normalized spacial score (nSPS) is 12.2. The number of halogens is 2. The molecule has 1 unspecified atom stereocenters. The minimum Gasteiger partial charge on any atom is -0.439 e. The Labute approximate surface area is 126 Å². The quantitative estimate of drug-likeness (QED) is 0.894. The Bertz CT molecular complexity index is 592. The second kappa shape index (κ2) is 6.81.